The minimum Gasteiger partial charge on any atom is -0.503 e. The van der Waals surface area contributed by atoms with Crippen molar-refractivity contribution in [3.05, 3.63) is 68.6 Å². The summed E-state index contributed by atoms with van der Waals surface area (Å²) < 4.78 is 28.7. The van der Waals surface area contributed by atoms with Crippen LogP contribution in [0.3, 0.4) is 0 Å². The highest BCUT2D eigenvalue weighted by Crippen LogP contribution is 2.32. The number of aromatic hydroxyl groups is 1. The fourth-order valence-corrected chi connectivity index (χ4v) is 5.11. The van der Waals surface area contributed by atoms with Crippen molar-refractivity contribution in [2.45, 2.75) is 46.2 Å². The van der Waals surface area contributed by atoms with Crippen molar-refractivity contribution < 1.29 is 23.5 Å². The average Bonchev–Trinajstić information content (AvgIpc) is 3.29. The van der Waals surface area contributed by atoms with Crippen LogP contribution in [-0.2, 0) is 11.2 Å². The van der Waals surface area contributed by atoms with E-state index in [1.807, 2.05) is 13.8 Å². The zero-order valence-electron chi connectivity index (χ0n) is 20.9. The number of carbonyl (C=O) groups excluding carboxylic acids is 2. The first-order valence-electron chi connectivity index (χ1n) is 11.9. The first kappa shape index (κ1) is 26.5. The van der Waals surface area contributed by atoms with Crippen LogP contribution in [0.2, 0.25) is 0 Å². The van der Waals surface area contributed by atoms with Gasteiger partial charge < -0.3 is 19.9 Å². The Bertz CT molecular complexity index is 1420. The van der Waals surface area contributed by atoms with Crippen LogP contribution in [0.4, 0.5) is 8.78 Å². The molecule has 3 aromatic rings. The van der Waals surface area contributed by atoms with Gasteiger partial charge in [0.25, 0.3) is 5.91 Å². The van der Waals surface area contributed by atoms with E-state index in [9.17, 15) is 28.3 Å². The predicted molar refractivity (Wildman–Crippen MR) is 136 cm³/mol. The molecule has 0 aliphatic carbocycles. The molecule has 4 rings (SSSR count). The largest absolute Gasteiger partial charge is 0.503 e. The molecule has 0 saturated carbocycles. The first-order chi connectivity index (χ1) is 17.5. The lowest BCUT2D eigenvalue weighted by atomic mass is 10.1. The number of rotatable bonds is 7. The van der Waals surface area contributed by atoms with Gasteiger partial charge in [0.2, 0.25) is 11.3 Å². The Labute approximate surface area is 216 Å². The van der Waals surface area contributed by atoms with E-state index >= 15 is 0 Å². The number of benzene rings is 1. The van der Waals surface area contributed by atoms with Gasteiger partial charge >= 0.3 is 0 Å². The van der Waals surface area contributed by atoms with Crippen LogP contribution in [0.5, 0.6) is 5.75 Å². The maximum absolute atomic E-state index is 14.1. The number of hydrogen-bond acceptors (Lipinski definition) is 6. The molecule has 2 aromatic heterocycles. The highest BCUT2D eigenvalue weighted by atomic mass is 32.1. The Hall–Kier alpha value is -3.60. The third-order valence-electron chi connectivity index (χ3n) is 6.15. The zero-order chi connectivity index (χ0) is 27.0. The van der Waals surface area contributed by atoms with E-state index in [1.165, 1.54) is 27.9 Å². The third kappa shape index (κ3) is 5.27. The molecule has 1 aliphatic heterocycles. The summed E-state index contributed by atoms with van der Waals surface area (Å²) in [7, 11) is 0. The number of thiazole rings is 1. The van der Waals surface area contributed by atoms with Gasteiger partial charge in [0.05, 0.1) is 12.1 Å². The Morgan fingerprint density at radius 3 is 2.62 bits per heavy atom. The van der Waals surface area contributed by atoms with Crippen LogP contribution >= 0.6 is 11.3 Å². The van der Waals surface area contributed by atoms with Crippen molar-refractivity contribution in [3.8, 4) is 16.3 Å². The maximum atomic E-state index is 14.1. The number of nitrogens with one attached hydrogen (secondary N) is 1. The molecule has 0 radical (unpaired) electrons. The molecule has 11 heteroatoms. The van der Waals surface area contributed by atoms with Crippen molar-refractivity contribution in [3.63, 3.8) is 0 Å². The molecule has 196 valence electrons. The molecule has 1 aliphatic rings. The van der Waals surface area contributed by atoms with Crippen molar-refractivity contribution in [1.29, 1.82) is 0 Å². The molecule has 0 spiro atoms. The van der Waals surface area contributed by atoms with Crippen LogP contribution < -0.4 is 10.7 Å². The van der Waals surface area contributed by atoms with Crippen molar-refractivity contribution >= 4 is 23.2 Å². The molecular formula is C26H28F2N4O4S. The molecule has 1 atom stereocenters. The summed E-state index contributed by atoms with van der Waals surface area (Å²) in [5.41, 5.74) is -0.753. The van der Waals surface area contributed by atoms with Crippen molar-refractivity contribution in [2.24, 2.45) is 5.92 Å². The minimum absolute atomic E-state index is 0.0181. The molecule has 0 bridgehead atoms. The standard InChI is InChI=1S/C26H28F2N4O4S/c1-13(2)9-29-24(35)20-12-31(14(3)4)26(36)21-23(34)22(33)18(11-32(20)21)25-30-10-17(37-25)7-15-5-6-16(27)8-19(15)28/h5-6,8,10-11,13-14,20,34H,7,9,12H2,1-4H3,(H,29,35). The van der Waals surface area contributed by atoms with E-state index in [1.54, 1.807) is 13.8 Å². The first-order valence-corrected chi connectivity index (χ1v) is 12.7. The monoisotopic (exact) mass is 530 g/mol. The third-order valence-corrected chi connectivity index (χ3v) is 7.18. The highest BCUT2D eigenvalue weighted by Gasteiger charge is 2.39. The summed E-state index contributed by atoms with van der Waals surface area (Å²) in [5.74, 6) is -2.81. The summed E-state index contributed by atoms with van der Waals surface area (Å²) in [6, 6.07) is 2.18. The van der Waals surface area contributed by atoms with Gasteiger partial charge in [-0.3, -0.25) is 14.4 Å². The number of fused-ring (bicyclic) bond motifs is 1. The Morgan fingerprint density at radius 2 is 1.97 bits per heavy atom. The van der Waals surface area contributed by atoms with Crippen LogP contribution in [0.25, 0.3) is 10.6 Å². The lowest BCUT2D eigenvalue weighted by Gasteiger charge is -2.38. The second-order valence-corrected chi connectivity index (χ2v) is 10.8. The topological polar surface area (TPSA) is 105 Å². The quantitative estimate of drug-likeness (QED) is 0.485. The minimum atomic E-state index is -0.869. The van der Waals surface area contributed by atoms with Gasteiger partial charge in [-0.2, -0.15) is 0 Å². The van der Waals surface area contributed by atoms with Crippen LogP contribution in [0.1, 0.15) is 54.7 Å². The summed E-state index contributed by atoms with van der Waals surface area (Å²) in [5, 5.41) is 14.0. The molecule has 37 heavy (non-hydrogen) atoms. The lowest BCUT2D eigenvalue weighted by Crippen LogP contribution is -2.51. The summed E-state index contributed by atoms with van der Waals surface area (Å²) in [4.78, 5) is 45.8. The normalized spacial score (nSPS) is 15.4. The molecule has 8 nitrogen and oxygen atoms in total. The fraction of sp³-hybridized carbons (Fsp3) is 0.385. The lowest BCUT2D eigenvalue weighted by molar-refractivity contribution is -0.125. The van der Waals surface area contributed by atoms with Gasteiger partial charge in [0.15, 0.2) is 11.4 Å². The van der Waals surface area contributed by atoms with E-state index in [0.717, 1.165) is 23.5 Å². The van der Waals surface area contributed by atoms with E-state index in [4.69, 9.17) is 0 Å². The van der Waals surface area contributed by atoms with E-state index in [2.05, 4.69) is 10.3 Å². The highest BCUT2D eigenvalue weighted by molar-refractivity contribution is 7.15. The Balaban J connectivity index is 1.76. The van der Waals surface area contributed by atoms with Crippen LogP contribution in [0.15, 0.2) is 35.4 Å². The van der Waals surface area contributed by atoms with Gasteiger partial charge in [-0.25, -0.2) is 13.8 Å². The van der Waals surface area contributed by atoms with Gasteiger partial charge in [-0.15, -0.1) is 11.3 Å². The number of aromatic nitrogens is 2. The smallest absolute Gasteiger partial charge is 0.274 e. The molecule has 0 fully saturated rings. The van der Waals surface area contributed by atoms with Gasteiger partial charge in [-0.1, -0.05) is 19.9 Å². The molecule has 2 amide bonds. The second kappa shape index (κ2) is 10.4. The van der Waals surface area contributed by atoms with Crippen molar-refractivity contribution in [1.82, 2.24) is 19.8 Å². The number of hydrogen-bond donors (Lipinski definition) is 2. The molecular weight excluding hydrogens is 502 g/mol. The molecule has 1 aromatic carbocycles. The molecule has 3 heterocycles. The average molecular weight is 531 g/mol. The van der Waals surface area contributed by atoms with Gasteiger partial charge in [-0.05, 0) is 31.4 Å². The zero-order valence-corrected chi connectivity index (χ0v) is 21.7. The number of halogens is 2. The summed E-state index contributed by atoms with van der Waals surface area (Å²) in [6.45, 7) is 8.00. The predicted octanol–water partition coefficient (Wildman–Crippen LogP) is 3.72. The Kier molecular flexibility index (Phi) is 7.44. The van der Waals surface area contributed by atoms with E-state index in [-0.39, 0.29) is 52.7 Å². The van der Waals surface area contributed by atoms with Crippen LogP contribution in [-0.4, -0.2) is 50.5 Å². The number of amides is 2. The van der Waals surface area contributed by atoms with E-state index < -0.39 is 34.8 Å². The maximum Gasteiger partial charge on any atom is 0.274 e. The Morgan fingerprint density at radius 1 is 1.24 bits per heavy atom. The van der Waals surface area contributed by atoms with Crippen LogP contribution in [0, 0.1) is 17.6 Å². The van der Waals surface area contributed by atoms with Crippen molar-refractivity contribution in [2.75, 3.05) is 13.1 Å². The molecule has 1 unspecified atom stereocenters. The molecule has 0 saturated heterocycles. The van der Waals surface area contributed by atoms with Gasteiger partial charge in [0.1, 0.15) is 22.7 Å². The van der Waals surface area contributed by atoms with E-state index in [0.29, 0.717) is 11.4 Å². The molecule has 2 N–H and O–H groups in total. The number of nitrogens with zero attached hydrogens (tertiary/aromatic N) is 3. The summed E-state index contributed by atoms with van der Waals surface area (Å²) >= 11 is 1.11. The van der Waals surface area contributed by atoms with Gasteiger partial charge in [0, 0.05) is 42.3 Å². The number of carbonyl (C=O) groups is 2. The SMILES string of the molecule is CC(C)CNC(=O)C1CN(C(C)C)C(=O)c2c(O)c(=O)c(-c3ncc(Cc4ccc(F)cc4F)s3)cn21. The second-order valence-electron chi connectivity index (χ2n) is 9.73. The summed E-state index contributed by atoms with van der Waals surface area (Å²) in [6.07, 6.45) is 2.99. The fourth-order valence-electron chi connectivity index (χ4n) is 4.17. The number of pyridine rings is 1.